The average molecular weight is 678 g/mol. The van der Waals surface area contributed by atoms with E-state index in [2.05, 4.69) is 39.7 Å². The molecule has 49 heavy (non-hydrogen) atoms. The molecule has 3 aliphatic heterocycles. The van der Waals surface area contributed by atoms with E-state index in [-0.39, 0.29) is 5.91 Å². The zero-order chi connectivity index (χ0) is 35.8. The third-order valence-corrected chi connectivity index (χ3v) is 10.1. The third kappa shape index (κ3) is 12.5. The van der Waals surface area contributed by atoms with Gasteiger partial charge in [0.15, 0.2) is 0 Å². The Balaban J connectivity index is 0.000000460. The zero-order valence-corrected chi connectivity index (χ0v) is 31.2. The number of anilines is 1. The Morgan fingerprint density at radius 2 is 1.55 bits per heavy atom. The van der Waals surface area contributed by atoms with E-state index in [1.165, 1.54) is 11.1 Å². The summed E-state index contributed by atoms with van der Waals surface area (Å²) >= 11 is 0. The highest BCUT2D eigenvalue weighted by Crippen LogP contribution is 2.24. The van der Waals surface area contributed by atoms with Gasteiger partial charge in [-0.15, -0.1) is 0 Å². The summed E-state index contributed by atoms with van der Waals surface area (Å²) in [6.07, 6.45) is 7.40. The quantitative estimate of drug-likeness (QED) is 0.276. The number of phenolic OH excluding ortho intramolecular Hbond substituents is 1. The van der Waals surface area contributed by atoms with E-state index in [1.54, 1.807) is 0 Å². The van der Waals surface area contributed by atoms with Crippen LogP contribution in [0.1, 0.15) is 74.6 Å². The van der Waals surface area contributed by atoms with Crippen molar-refractivity contribution in [2.75, 3.05) is 71.4 Å². The topological polar surface area (TPSA) is 88.6 Å². The number of carbonyl (C=O) groups is 2. The number of phenols is 1. The monoisotopic (exact) mass is 677 g/mol. The highest BCUT2D eigenvalue weighted by atomic mass is 16.5. The number of rotatable bonds is 11. The third-order valence-electron chi connectivity index (χ3n) is 10.1. The van der Waals surface area contributed by atoms with E-state index >= 15 is 0 Å². The summed E-state index contributed by atoms with van der Waals surface area (Å²) in [5.74, 6) is 0.692. The Hall–Kier alpha value is -3.40. The molecule has 9 heteroatoms. The second-order valence-electron chi connectivity index (χ2n) is 13.4. The van der Waals surface area contributed by atoms with Crippen LogP contribution < -0.4 is 5.32 Å². The van der Waals surface area contributed by atoms with E-state index in [4.69, 9.17) is 4.74 Å². The van der Waals surface area contributed by atoms with Gasteiger partial charge in [-0.05, 0) is 89.1 Å². The normalized spacial score (nSPS) is 17.4. The standard InChI is InChI=1S/C29H45N5O3.C9H12O.C2H6/c1-24(7-8-29(36)34-19-17-33(18-20-34)27-12-21-37-22-13-27)32-15-10-26(11-16-32)31(2)14-9-25-5-3-4-6-28(25)30-23-35;1-6-4-7(2)9(10)8(3)5-6;1-2/h3-6,23,26-27H,1,7-22H2,2H3,(H,30,35);4-5,10H,1-3H3;1-2H3. The first-order valence-electron chi connectivity index (χ1n) is 18.4. The lowest BCUT2D eigenvalue weighted by molar-refractivity contribution is -0.133. The number of aryl methyl sites for hydroxylation is 3. The average Bonchev–Trinajstić information content (AvgIpc) is 3.14. The number of hydrogen-bond donors (Lipinski definition) is 2. The Morgan fingerprint density at radius 1 is 0.939 bits per heavy atom. The lowest BCUT2D eigenvalue weighted by atomic mass is 10.0. The molecule has 0 atom stereocenters. The van der Waals surface area contributed by atoms with E-state index in [0.29, 0.717) is 24.3 Å². The number of para-hydroxylation sites is 1. The van der Waals surface area contributed by atoms with Gasteiger partial charge in [-0.2, -0.15) is 0 Å². The van der Waals surface area contributed by atoms with Crippen molar-refractivity contribution >= 4 is 18.0 Å². The van der Waals surface area contributed by atoms with Crippen molar-refractivity contribution in [2.24, 2.45) is 0 Å². The first-order chi connectivity index (χ1) is 23.7. The van der Waals surface area contributed by atoms with Gasteiger partial charge in [0.05, 0.1) is 0 Å². The van der Waals surface area contributed by atoms with Crippen LogP contribution in [0.4, 0.5) is 5.69 Å². The van der Waals surface area contributed by atoms with Crippen LogP contribution in [0, 0.1) is 20.8 Å². The number of carbonyl (C=O) groups excluding carboxylic acids is 2. The van der Waals surface area contributed by atoms with Gasteiger partial charge in [0, 0.05) is 88.9 Å². The maximum atomic E-state index is 12.9. The molecule has 9 nitrogen and oxygen atoms in total. The molecule has 0 unspecified atom stereocenters. The lowest BCUT2D eigenvalue weighted by Crippen LogP contribution is -2.53. The van der Waals surface area contributed by atoms with E-state index in [0.717, 1.165) is 126 Å². The largest absolute Gasteiger partial charge is 0.507 e. The predicted octanol–water partition coefficient (Wildman–Crippen LogP) is 6.15. The van der Waals surface area contributed by atoms with Crippen molar-refractivity contribution < 1.29 is 19.4 Å². The molecule has 5 rings (SSSR count). The summed E-state index contributed by atoms with van der Waals surface area (Å²) in [7, 11) is 2.20. The number of piperidine rings is 1. The van der Waals surface area contributed by atoms with Crippen molar-refractivity contribution in [2.45, 2.75) is 91.6 Å². The second-order valence-corrected chi connectivity index (χ2v) is 13.4. The minimum absolute atomic E-state index is 0.270. The number of allylic oxidation sites excluding steroid dienone is 1. The molecule has 0 aromatic heterocycles. The van der Waals surface area contributed by atoms with Crippen LogP contribution in [0.25, 0.3) is 0 Å². The Kier molecular flexibility index (Phi) is 17.1. The minimum Gasteiger partial charge on any atom is -0.507 e. The smallest absolute Gasteiger partial charge is 0.223 e. The highest BCUT2D eigenvalue weighted by Gasteiger charge is 2.28. The van der Waals surface area contributed by atoms with Gasteiger partial charge in [0.1, 0.15) is 5.75 Å². The number of hydrogen-bond acceptors (Lipinski definition) is 7. The number of likely N-dealkylation sites (N-methyl/N-ethyl adjacent to an activating group) is 1. The van der Waals surface area contributed by atoms with Crippen LogP contribution in [0.2, 0.25) is 0 Å². The number of piperazine rings is 1. The first-order valence-corrected chi connectivity index (χ1v) is 18.4. The Labute approximate surface area is 296 Å². The highest BCUT2D eigenvalue weighted by molar-refractivity contribution is 5.76. The SMILES string of the molecule is C=C(CCC(=O)N1CCN(C2CCOCC2)CC1)N1CCC(N(C)CCc2ccccc2NC=O)CC1.CC.Cc1cc(C)c(O)c(C)c1. The maximum Gasteiger partial charge on any atom is 0.223 e. The number of likely N-dealkylation sites (tertiary alicyclic amines) is 1. The molecule has 2 N–H and O–H groups in total. The van der Waals surface area contributed by atoms with Crippen LogP contribution >= 0.6 is 0 Å². The van der Waals surface area contributed by atoms with Crippen LogP contribution in [0.15, 0.2) is 48.7 Å². The number of amides is 2. The second kappa shape index (κ2) is 21.0. The number of benzene rings is 2. The van der Waals surface area contributed by atoms with Crippen LogP contribution in [0.3, 0.4) is 0 Å². The predicted molar refractivity (Wildman–Crippen MR) is 201 cm³/mol. The Morgan fingerprint density at radius 3 is 2.16 bits per heavy atom. The van der Waals surface area contributed by atoms with Gasteiger partial charge in [0.2, 0.25) is 12.3 Å². The van der Waals surface area contributed by atoms with Crippen LogP contribution in [0.5, 0.6) is 5.75 Å². The summed E-state index contributed by atoms with van der Waals surface area (Å²) in [4.78, 5) is 33.2. The number of nitrogens with one attached hydrogen (secondary N) is 1. The van der Waals surface area contributed by atoms with Crippen molar-refractivity contribution in [3.8, 4) is 5.75 Å². The number of aromatic hydroxyl groups is 1. The van der Waals surface area contributed by atoms with E-state index in [9.17, 15) is 14.7 Å². The molecule has 0 spiro atoms. The molecule has 2 aromatic carbocycles. The minimum atomic E-state index is 0.270. The summed E-state index contributed by atoms with van der Waals surface area (Å²) in [6, 6.07) is 13.1. The van der Waals surface area contributed by atoms with E-state index < -0.39 is 0 Å². The van der Waals surface area contributed by atoms with Crippen molar-refractivity contribution in [3.63, 3.8) is 0 Å². The molecule has 0 bridgehead atoms. The van der Waals surface area contributed by atoms with Gasteiger partial charge in [-0.25, -0.2) is 0 Å². The molecule has 2 amide bonds. The molecule has 3 fully saturated rings. The van der Waals surface area contributed by atoms with Gasteiger partial charge in [0.25, 0.3) is 0 Å². The molecular weight excluding hydrogens is 614 g/mol. The molecule has 2 aromatic rings. The fraction of sp³-hybridized carbons (Fsp3) is 0.600. The fourth-order valence-corrected chi connectivity index (χ4v) is 7.17. The molecular formula is C40H63N5O4. The maximum absolute atomic E-state index is 12.9. The number of ether oxygens (including phenoxy) is 1. The molecule has 272 valence electrons. The summed E-state index contributed by atoms with van der Waals surface area (Å²) in [5, 5.41) is 12.1. The van der Waals surface area contributed by atoms with Gasteiger partial charge >= 0.3 is 0 Å². The fourth-order valence-electron chi connectivity index (χ4n) is 7.17. The first kappa shape index (κ1) is 40.0. The molecule has 3 saturated heterocycles. The van der Waals surface area contributed by atoms with Crippen LogP contribution in [-0.2, 0) is 20.7 Å². The van der Waals surface area contributed by atoms with Crippen LogP contribution in [-0.4, -0.2) is 115 Å². The van der Waals surface area contributed by atoms with Crippen molar-refractivity contribution in [3.05, 3.63) is 70.9 Å². The molecule has 3 aliphatic rings. The Bertz CT molecular complexity index is 1290. The van der Waals surface area contributed by atoms with Crippen molar-refractivity contribution in [1.82, 2.24) is 19.6 Å². The lowest BCUT2D eigenvalue weighted by Gasteiger charge is -2.41. The summed E-state index contributed by atoms with van der Waals surface area (Å²) in [5.41, 5.74) is 6.28. The van der Waals surface area contributed by atoms with Gasteiger partial charge in [-0.3, -0.25) is 14.5 Å². The molecule has 3 heterocycles. The van der Waals surface area contributed by atoms with Crippen molar-refractivity contribution in [1.29, 1.82) is 0 Å². The zero-order valence-electron chi connectivity index (χ0n) is 31.2. The van der Waals surface area contributed by atoms with Gasteiger partial charge < -0.3 is 29.9 Å². The molecule has 0 saturated carbocycles. The molecule has 0 radical (unpaired) electrons. The van der Waals surface area contributed by atoms with E-state index in [1.807, 2.05) is 69.9 Å². The van der Waals surface area contributed by atoms with Gasteiger partial charge in [-0.1, -0.05) is 56.3 Å². The summed E-state index contributed by atoms with van der Waals surface area (Å²) < 4.78 is 5.49. The summed E-state index contributed by atoms with van der Waals surface area (Å²) in [6.45, 7) is 22.5. The number of nitrogens with zero attached hydrogens (tertiary/aromatic N) is 4. The molecule has 0 aliphatic carbocycles.